The third kappa shape index (κ3) is 3.33. The Labute approximate surface area is 109 Å². The molecule has 0 aliphatic carbocycles. The molecular formula is C9H11Cl2O3PS. The second kappa shape index (κ2) is 5.67. The van der Waals surface area contributed by atoms with Gasteiger partial charge in [0.05, 0.1) is 10.0 Å². The lowest BCUT2D eigenvalue weighted by Gasteiger charge is -2.20. The summed E-state index contributed by atoms with van der Waals surface area (Å²) >= 11 is 17.0. The van der Waals surface area contributed by atoms with Crippen LogP contribution in [0.5, 0.6) is 5.75 Å². The Hall–Kier alpha value is 0.170. The van der Waals surface area contributed by atoms with Gasteiger partial charge in [-0.2, -0.15) is 0 Å². The summed E-state index contributed by atoms with van der Waals surface area (Å²) in [6, 6.07) is 3.41. The van der Waals surface area contributed by atoms with Gasteiger partial charge in [-0.25, -0.2) is 0 Å². The van der Waals surface area contributed by atoms with Crippen LogP contribution in [0.2, 0.25) is 10.0 Å². The van der Waals surface area contributed by atoms with E-state index in [4.69, 9.17) is 49.2 Å². The highest BCUT2D eigenvalue weighted by Crippen LogP contribution is 2.50. The lowest BCUT2D eigenvalue weighted by molar-refractivity contribution is 0.309. The highest BCUT2D eigenvalue weighted by molar-refractivity contribution is 8.10. The van der Waals surface area contributed by atoms with Gasteiger partial charge in [-0.1, -0.05) is 23.2 Å². The van der Waals surface area contributed by atoms with Crippen LogP contribution in [0.4, 0.5) is 0 Å². The van der Waals surface area contributed by atoms with Gasteiger partial charge < -0.3 is 14.2 Å². The van der Waals surface area contributed by atoms with Crippen LogP contribution in [0, 0.1) is 6.92 Å². The van der Waals surface area contributed by atoms with E-state index in [9.17, 15) is 0 Å². The molecule has 1 N–H and O–H groups in total. The van der Waals surface area contributed by atoms with E-state index in [0.29, 0.717) is 10.0 Å². The molecule has 7 heteroatoms. The van der Waals surface area contributed by atoms with E-state index < -0.39 is 6.49 Å². The summed E-state index contributed by atoms with van der Waals surface area (Å²) in [5, 5.41) is 9.80. The first-order valence-electron chi connectivity index (χ1n) is 4.33. The van der Waals surface area contributed by atoms with Crippen molar-refractivity contribution in [2.75, 3.05) is 13.5 Å². The van der Waals surface area contributed by atoms with Crippen LogP contribution in [0.3, 0.4) is 0 Å². The van der Waals surface area contributed by atoms with Crippen molar-refractivity contribution in [1.82, 2.24) is 0 Å². The van der Waals surface area contributed by atoms with Crippen molar-refractivity contribution in [3.63, 3.8) is 0 Å². The largest absolute Gasteiger partial charge is 0.439 e. The molecule has 1 unspecified atom stereocenters. The second-order valence-corrected chi connectivity index (χ2v) is 7.62. The predicted molar refractivity (Wildman–Crippen MR) is 70.2 cm³/mol. The normalized spacial score (nSPS) is 14.6. The molecule has 0 fully saturated rings. The first-order chi connectivity index (χ1) is 7.41. The third-order valence-corrected chi connectivity index (χ3v) is 4.77. The minimum atomic E-state index is -2.75. The zero-order valence-electron chi connectivity index (χ0n) is 8.74. The van der Waals surface area contributed by atoms with Crippen LogP contribution in [-0.2, 0) is 16.3 Å². The van der Waals surface area contributed by atoms with Crippen molar-refractivity contribution >= 4 is 41.5 Å². The van der Waals surface area contributed by atoms with Crippen LogP contribution in [0.1, 0.15) is 5.56 Å². The van der Waals surface area contributed by atoms with Gasteiger partial charge >= 0.3 is 0 Å². The molecule has 0 aliphatic heterocycles. The topological polar surface area (TPSA) is 38.7 Å². The van der Waals surface area contributed by atoms with Crippen molar-refractivity contribution in [3.05, 3.63) is 27.7 Å². The summed E-state index contributed by atoms with van der Waals surface area (Å²) in [4.78, 5) is 0. The summed E-state index contributed by atoms with van der Waals surface area (Å²) in [6.45, 7) is -0.891. The minimum Gasteiger partial charge on any atom is -0.439 e. The SMILES string of the molecule is COP(=S)(CO)Oc1c(Cl)cc(C)cc1Cl. The number of hydrogen-bond donors (Lipinski definition) is 1. The maximum atomic E-state index is 9.09. The summed E-state index contributed by atoms with van der Waals surface area (Å²) in [5.41, 5.74) is 0.914. The molecule has 0 saturated carbocycles. The fourth-order valence-electron chi connectivity index (χ4n) is 1.04. The van der Waals surface area contributed by atoms with Crippen molar-refractivity contribution in [2.45, 2.75) is 6.92 Å². The molecule has 90 valence electrons. The van der Waals surface area contributed by atoms with E-state index in [-0.39, 0.29) is 12.1 Å². The molecule has 0 bridgehead atoms. The average molecular weight is 301 g/mol. The predicted octanol–water partition coefficient (Wildman–Crippen LogP) is 3.59. The number of hydrogen-bond acceptors (Lipinski definition) is 4. The quantitative estimate of drug-likeness (QED) is 0.863. The van der Waals surface area contributed by atoms with Crippen molar-refractivity contribution in [1.29, 1.82) is 0 Å². The number of aliphatic hydroxyl groups excluding tert-OH is 1. The summed E-state index contributed by atoms with van der Waals surface area (Å²) in [6.07, 6.45) is -0.376. The number of benzene rings is 1. The van der Waals surface area contributed by atoms with Gasteiger partial charge in [-0.05, 0) is 36.4 Å². The zero-order valence-corrected chi connectivity index (χ0v) is 12.0. The molecule has 0 radical (unpaired) electrons. The van der Waals surface area contributed by atoms with E-state index in [1.807, 2.05) is 6.92 Å². The maximum Gasteiger partial charge on any atom is 0.263 e. The van der Waals surface area contributed by atoms with Gasteiger partial charge in [0.1, 0.15) is 6.35 Å². The number of rotatable bonds is 4. The van der Waals surface area contributed by atoms with E-state index in [0.717, 1.165) is 5.56 Å². The first-order valence-corrected chi connectivity index (χ1v) is 7.90. The molecule has 0 amide bonds. The van der Waals surface area contributed by atoms with E-state index in [1.165, 1.54) is 7.11 Å². The summed E-state index contributed by atoms with van der Waals surface area (Å²) in [5.74, 6) is 0.258. The van der Waals surface area contributed by atoms with Crippen molar-refractivity contribution in [2.24, 2.45) is 0 Å². The lowest BCUT2D eigenvalue weighted by Crippen LogP contribution is -2.00. The standard InChI is InChI=1S/C9H11Cl2O3PS/c1-6-3-7(10)9(8(11)4-6)14-15(16,5-12)13-2/h3-4,12H,5H2,1-2H3. The number of aliphatic hydroxyl groups is 1. The van der Waals surface area contributed by atoms with Gasteiger partial charge in [-0.15, -0.1) is 0 Å². The Morgan fingerprint density at radius 2 is 1.88 bits per heavy atom. The van der Waals surface area contributed by atoms with Crippen LogP contribution in [0.25, 0.3) is 0 Å². The highest BCUT2D eigenvalue weighted by atomic mass is 35.5. The molecule has 0 spiro atoms. The molecule has 0 heterocycles. The Bertz CT molecular complexity index is 408. The number of aryl methyl sites for hydroxylation is 1. The summed E-state index contributed by atoms with van der Waals surface area (Å²) < 4.78 is 10.4. The molecule has 0 saturated heterocycles. The Morgan fingerprint density at radius 3 is 2.25 bits per heavy atom. The molecule has 0 aromatic heterocycles. The van der Waals surface area contributed by atoms with Gasteiger partial charge in [0.15, 0.2) is 5.75 Å². The van der Waals surface area contributed by atoms with Gasteiger partial charge in [0.25, 0.3) is 6.49 Å². The van der Waals surface area contributed by atoms with Gasteiger partial charge in [0.2, 0.25) is 0 Å². The van der Waals surface area contributed by atoms with Crippen LogP contribution >= 0.6 is 29.7 Å². The maximum absolute atomic E-state index is 9.09. The molecular weight excluding hydrogens is 290 g/mol. The molecule has 3 nitrogen and oxygen atoms in total. The van der Waals surface area contributed by atoms with E-state index >= 15 is 0 Å². The molecule has 1 aromatic carbocycles. The van der Waals surface area contributed by atoms with Crippen LogP contribution in [-0.4, -0.2) is 18.6 Å². The van der Waals surface area contributed by atoms with Crippen molar-refractivity contribution < 1.29 is 14.2 Å². The monoisotopic (exact) mass is 300 g/mol. The molecule has 0 aliphatic rings. The highest BCUT2D eigenvalue weighted by Gasteiger charge is 2.21. The second-order valence-electron chi connectivity index (χ2n) is 3.08. The Balaban J connectivity index is 3.11. The smallest absolute Gasteiger partial charge is 0.263 e. The third-order valence-electron chi connectivity index (χ3n) is 1.82. The Morgan fingerprint density at radius 1 is 1.38 bits per heavy atom. The molecule has 16 heavy (non-hydrogen) atoms. The van der Waals surface area contributed by atoms with E-state index in [2.05, 4.69) is 0 Å². The fraction of sp³-hybridized carbons (Fsp3) is 0.333. The lowest BCUT2D eigenvalue weighted by atomic mass is 10.2. The molecule has 1 aromatic rings. The molecule has 1 atom stereocenters. The Kier molecular flexibility index (Phi) is 5.05. The first kappa shape index (κ1) is 14.2. The minimum absolute atomic E-state index is 0.258. The molecule has 1 rings (SSSR count). The van der Waals surface area contributed by atoms with Crippen molar-refractivity contribution in [3.8, 4) is 5.75 Å². The average Bonchev–Trinajstić information content (AvgIpc) is 2.23. The van der Waals surface area contributed by atoms with Gasteiger partial charge in [-0.3, -0.25) is 0 Å². The van der Waals surface area contributed by atoms with Crippen LogP contribution in [0.15, 0.2) is 12.1 Å². The fourth-order valence-corrected chi connectivity index (χ4v) is 2.76. The van der Waals surface area contributed by atoms with Gasteiger partial charge in [0, 0.05) is 7.11 Å². The van der Waals surface area contributed by atoms with Crippen LogP contribution < -0.4 is 4.52 Å². The zero-order chi connectivity index (χ0) is 12.3. The summed E-state index contributed by atoms with van der Waals surface area (Å²) in [7, 11) is 1.38. The number of halogens is 2. The van der Waals surface area contributed by atoms with E-state index in [1.54, 1.807) is 12.1 Å².